The second-order valence-electron chi connectivity index (χ2n) is 4.41. The molecule has 4 heteroatoms. The lowest BCUT2D eigenvalue weighted by atomic mass is 9.95. The molecule has 1 unspecified atom stereocenters. The van der Waals surface area contributed by atoms with Crippen molar-refractivity contribution in [3.63, 3.8) is 0 Å². The molecule has 1 amide bonds. The van der Waals surface area contributed by atoms with Gasteiger partial charge in [-0.15, -0.1) is 0 Å². The normalized spacial score (nSPS) is 17.0. The highest BCUT2D eigenvalue weighted by Gasteiger charge is 2.24. The summed E-state index contributed by atoms with van der Waals surface area (Å²) in [5.41, 5.74) is 1.00. The number of hydrogen-bond acceptors (Lipinski definition) is 3. The molecule has 92 valence electrons. The van der Waals surface area contributed by atoms with Crippen LogP contribution in [0.2, 0.25) is 0 Å². The molecule has 1 aliphatic heterocycles. The molecular weight excluding hydrogens is 216 g/mol. The summed E-state index contributed by atoms with van der Waals surface area (Å²) in [5.74, 6) is 0.527. The molecule has 17 heavy (non-hydrogen) atoms. The van der Waals surface area contributed by atoms with E-state index >= 15 is 0 Å². The Balaban J connectivity index is 1.70. The van der Waals surface area contributed by atoms with E-state index in [0.717, 1.165) is 18.7 Å². The molecule has 1 heterocycles. The molecule has 0 bridgehead atoms. The van der Waals surface area contributed by atoms with Gasteiger partial charge in [-0.2, -0.15) is 0 Å². The molecule has 1 fully saturated rings. The maximum absolute atomic E-state index is 11.5. The van der Waals surface area contributed by atoms with Crippen LogP contribution in [0.15, 0.2) is 30.3 Å². The van der Waals surface area contributed by atoms with Crippen LogP contribution in [0.3, 0.4) is 0 Å². The fourth-order valence-corrected chi connectivity index (χ4v) is 1.73. The van der Waals surface area contributed by atoms with E-state index in [4.69, 9.17) is 4.74 Å². The summed E-state index contributed by atoms with van der Waals surface area (Å²) < 4.78 is 5.15. The summed E-state index contributed by atoms with van der Waals surface area (Å²) in [6.45, 7) is 4.28. The van der Waals surface area contributed by atoms with E-state index in [9.17, 15) is 4.79 Å². The van der Waals surface area contributed by atoms with Gasteiger partial charge >= 0.3 is 6.09 Å². The van der Waals surface area contributed by atoms with Crippen LogP contribution in [-0.2, 0) is 11.3 Å². The minimum Gasteiger partial charge on any atom is -0.445 e. The second kappa shape index (κ2) is 5.68. The number of rotatable bonds is 4. The van der Waals surface area contributed by atoms with Crippen molar-refractivity contribution in [3.8, 4) is 0 Å². The number of alkyl carbamates (subject to hydrolysis) is 1. The molecule has 1 aromatic carbocycles. The summed E-state index contributed by atoms with van der Waals surface area (Å²) in [4.78, 5) is 11.5. The number of amides is 1. The van der Waals surface area contributed by atoms with E-state index in [-0.39, 0.29) is 12.1 Å². The summed E-state index contributed by atoms with van der Waals surface area (Å²) in [5, 5.41) is 6.03. The van der Waals surface area contributed by atoms with E-state index in [0.29, 0.717) is 12.5 Å². The first-order chi connectivity index (χ1) is 8.25. The fourth-order valence-electron chi connectivity index (χ4n) is 1.73. The maximum atomic E-state index is 11.5. The van der Waals surface area contributed by atoms with Crippen LogP contribution < -0.4 is 10.6 Å². The van der Waals surface area contributed by atoms with E-state index < -0.39 is 0 Å². The number of benzene rings is 1. The summed E-state index contributed by atoms with van der Waals surface area (Å²) in [7, 11) is 0. The molecule has 1 aromatic rings. The molecule has 1 saturated heterocycles. The van der Waals surface area contributed by atoms with E-state index in [1.165, 1.54) is 0 Å². The van der Waals surface area contributed by atoms with Crippen molar-refractivity contribution in [2.75, 3.05) is 13.1 Å². The van der Waals surface area contributed by atoms with Gasteiger partial charge in [-0.3, -0.25) is 0 Å². The Labute approximate surface area is 101 Å². The Morgan fingerprint density at radius 1 is 1.47 bits per heavy atom. The smallest absolute Gasteiger partial charge is 0.407 e. The molecule has 0 spiro atoms. The van der Waals surface area contributed by atoms with Gasteiger partial charge in [0.05, 0.1) is 0 Å². The van der Waals surface area contributed by atoms with Crippen LogP contribution in [-0.4, -0.2) is 25.2 Å². The first kappa shape index (κ1) is 11.9. The largest absolute Gasteiger partial charge is 0.445 e. The third-order valence-electron chi connectivity index (χ3n) is 3.08. The van der Waals surface area contributed by atoms with Crippen molar-refractivity contribution in [2.24, 2.45) is 5.92 Å². The van der Waals surface area contributed by atoms with Gasteiger partial charge in [0, 0.05) is 25.0 Å². The van der Waals surface area contributed by atoms with Gasteiger partial charge in [0.2, 0.25) is 0 Å². The van der Waals surface area contributed by atoms with Gasteiger partial charge in [-0.1, -0.05) is 30.3 Å². The number of hydrogen-bond donors (Lipinski definition) is 2. The van der Waals surface area contributed by atoms with Crippen molar-refractivity contribution in [1.82, 2.24) is 10.6 Å². The summed E-state index contributed by atoms with van der Waals surface area (Å²) >= 11 is 0. The molecule has 0 aromatic heterocycles. The molecule has 0 saturated carbocycles. The number of carbonyl (C=O) groups is 1. The lowest BCUT2D eigenvalue weighted by Gasteiger charge is -2.32. The third-order valence-corrected chi connectivity index (χ3v) is 3.08. The lowest BCUT2D eigenvalue weighted by Crippen LogP contribution is -2.53. The van der Waals surface area contributed by atoms with E-state index in [2.05, 4.69) is 10.6 Å². The van der Waals surface area contributed by atoms with Crippen LogP contribution in [0.1, 0.15) is 12.5 Å². The maximum Gasteiger partial charge on any atom is 0.407 e. The van der Waals surface area contributed by atoms with Crippen LogP contribution in [0, 0.1) is 5.92 Å². The highest BCUT2D eigenvalue weighted by molar-refractivity contribution is 5.67. The lowest BCUT2D eigenvalue weighted by molar-refractivity contribution is 0.129. The minimum absolute atomic E-state index is 0.166. The zero-order chi connectivity index (χ0) is 12.1. The topological polar surface area (TPSA) is 50.4 Å². The van der Waals surface area contributed by atoms with Gasteiger partial charge in [-0.05, 0) is 12.5 Å². The molecule has 4 nitrogen and oxygen atoms in total. The van der Waals surface area contributed by atoms with Crippen LogP contribution in [0.4, 0.5) is 4.79 Å². The zero-order valence-corrected chi connectivity index (χ0v) is 9.98. The first-order valence-corrected chi connectivity index (χ1v) is 5.93. The molecule has 1 aliphatic rings. The van der Waals surface area contributed by atoms with Crippen molar-refractivity contribution < 1.29 is 9.53 Å². The number of nitrogens with one attached hydrogen (secondary N) is 2. The van der Waals surface area contributed by atoms with Gasteiger partial charge in [0.1, 0.15) is 6.61 Å². The Kier molecular flexibility index (Phi) is 3.98. The number of carbonyl (C=O) groups excluding carboxylic acids is 1. The predicted molar refractivity (Wildman–Crippen MR) is 65.6 cm³/mol. The molecule has 0 radical (unpaired) electrons. The Morgan fingerprint density at radius 3 is 2.76 bits per heavy atom. The SMILES string of the molecule is CC(NC(=O)OCc1ccccc1)C1CNC1. The molecule has 1 atom stereocenters. The van der Waals surface area contributed by atoms with Gasteiger partial charge in [-0.25, -0.2) is 4.79 Å². The summed E-state index contributed by atoms with van der Waals surface area (Å²) in [6.07, 6.45) is -0.340. The second-order valence-corrected chi connectivity index (χ2v) is 4.41. The summed E-state index contributed by atoms with van der Waals surface area (Å²) in [6, 6.07) is 9.84. The zero-order valence-electron chi connectivity index (χ0n) is 9.98. The molecule has 2 rings (SSSR count). The van der Waals surface area contributed by atoms with Crippen LogP contribution in [0.25, 0.3) is 0 Å². The highest BCUT2D eigenvalue weighted by Crippen LogP contribution is 2.08. The van der Waals surface area contributed by atoms with Crippen LogP contribution in [0.5, 0.6) is 0 Å². The number of ether oxygens (including phenoxy) is 1. The van der Waals surface area contributed by atoms with E-state index in [1.807, 2.05) is 37.3 Å². The molecular formula is C13H18N2O2. The standard InChI is InChI=1S/C13H18N2O2/c1-10(12-7-14-8-12)15-13(16)17-9-11-5-3-2-4-6-11/h2-6,10,12,14H,7-9H2,1H3,(H,15,16). The highest BCUT2D eigenvalue weighted by atomic mass is 16.5. The Morgan fingerprint density at radius 2 is 2.18 bits per heavy atom. The molecule has 0 aliphatic carbocycles. The minimum atomic E-state index is -0.340. The quantitative estimate of drug-likeness (QED) is 0.830. The van der Waals surface area contributed by atoms with Gasteiger partial charge in [0.15, 0.2) is 0 Å². The van der Waals surface area contributed by atoms with E-state index in [1.54, 1.807) is 0 Å². The average Bonchev–Trinajstić information content (AvgIpc) is 2.25. The Bertz CT molecular complexity index is 363. The Hall–Kier alpha value is -1.55. The monoisotopic (exact) mass is 234 g/mol. The molecule has 2 N–H and O–H groups in total. The predicted octanol–water partition coefficient (Wildman–Crippen LogP) is 1.52. The van der Waals surface area contributed by atoms with Crippen molar-refractivity contribution >= 4 is 6.09 Å². The average molecular weight is 234 g/mol. The first-order valence-electron chi connectivity index (χ1n) is 5.93. The van der Waals surface area contributed by atoms with Gasteiger partial charge in [0.25, 0.3) is 0 Å². The van der Waals surface area contributed by atoms with Crippen molar-refractivity contribution in [3.05, 3.63) is 35.9 Å². The third kappa shape index (κ3) is 3.46. The van der Waals surface area contributed by atoms with Crippen molar-refractivity contribution in [1.29, 1.82) is 0 Å². The fraction of sp³-hybridized carbons (Fsp3) is 0.462. The van der Waals surface area contributed by atoms with Crippen molar-refractivity contribution in [2.45, 2.75) is 19.6 Å². The van der Waals surface area contributed by atoms with Gasteiger partial charge < -0.3 is 15.4 Å². The van der Waals surface area contributed by atoms with Crippen LogP contribution >= 0.6 is 0 Å².